The van der Waals surface area contributed by atoms with Crippen molar-refractivity contribution in [2.24, 2.45) is 5.92 Å². The van der Waals surface area contributed by atoms with Crippen molar-refractivity contribution >= 4 is 15.9 Å². The normalized spacial score (nSPS) is 14.4. The molecule has 2 unspecified atom stereocenters. The van der Waals surface area contributed by atoms with Gasteiger partial charge in [-0.05, 0) is 44.0 Å². The van der Waals surface area contributed by atoms with Crippen molar-refractivity contribution in [1.29, 1.82) is 0 Å². The minimum Gasteiger partial charge on any atom is -0.494 e. The molecule has 1 aromatic carbocycles. The summed E-state index contributed by atoms with van der Waals surface area (Å²) in [6.45, 7) is 5.26. The van der Waals surface area contributed by atoms with Gasteiger partial charge in [0.15, 0.2) is 0 Å². The first-order chi connectivity index (χ1) is 8.17. The maximum absolute atomic E-state index is 5.74. The molecule has 1 N–H and O–H groups in total. The van der Waals surface area contributed by atoms with Gasteiger partial charge in [-0.15, -0.1) is 0 Å². The Balaban J connectivity index is 2.32. The number of nitrogens with one attached hydrogen (secondary N) is 1. The lowest BCUT2D eigenvalue weighted by Gasteiger charge is -2.22. The van der Waals surface area contributed by atoms with E-state index in [1.54, 1.807) is 0 Å². The Labute approximate surface area is 113 Å². The molecule has 0 aromatic heterocycles. The van der Waals surface area contributed by atoms with Gasteiger partial charge in [0.25, 0.3) is 0 Å². The van der Waals surface area contributed by atoms with Crippen molar-refractivity contribution in [3.05, 3.63) is 28.7 Å². The van der Waals surface area contributed by atoms with Crippen molar-refractivity contribution in [2.75, 3.05) is 13.7 Å². The summed E-state index contributed by atoms with van der Waals surface area (Å²) in [6.07, 6.45) is 2.24. The Hall–Kier alpha value is -0.540. The largest absolute Gasteiger partial charge is 0.494 e. The second kappa shape index (κ2) is 7.72. The van der Waals surface area contributed by atoms with E-state index in [9.17, 15) is 0 Å². The molecule has 1 aromatic rings. The molecule has 0 spiro atoms. The topological polar surface area (TPSA) is 21.3 Å². The Morgan fingerprint density at radius 1 is 1.41 bits per heavy atom. The van der Waals surface area contributed by atoms with Crippen molar-refractivity contribution in [2.45, 2.75) is 32.7 Å². The van der Waals surface area contributed by atoms with Crippen molar-refractivity contribution < 1.29 is 4.74 Å². The van der Waals surface area contributed by atoms with E-state index in [0.717, 1.165) is 29.7 Å². The minimum atomic E-state index is 0.584. The quantitative estimate of drug-likeness (QED) is 0.826. The highest BCUT2D eigenvalue weighted by Crippen LogP contribution is 2.19. The number of rotatable bonds is 7. The lowest BCUT2D eigenvalue weighted by Crippen LogP contribution is -2.32. The standard InChI is InChI=1S/C14H22BrNO/c1-4-14(16-3)11(2)8-9-17-13-7-5-6-12(15)10-13/h5-7,10-11,14,16H,4,8-9H2,1-3H3. The molecule has 3 heteroatoms. The van der Waals surface area contributed by atoms with Crippen LogP contribution in [-0.2, 0) is 0 Å². The zero-order valence-electron chi connectivity index (χ0n) is 10.9. The van der Waals surface area contributed by atoms with E-state index < -0.39 is 0 Å². The molecule has 0 saturated heterocycles. The third kappa shape index (κ3) is 5.09. The third-order valence-corrected chi connectivity index (χ3v) is 3.63. The van der Waals surface area contributed by atoms with Crippen LogP contribution in [0.3, 0.4) is 0 Å². The van der Waals surface area contributed by atoms with Gasteiger partial charge < -0.3 is 10.1 Å². The molecule has 0 saturated carbocycles. The molecule has 0 amide bonds. The van der Waals surface area contributed by atoms with Crippen LogP contribution in [0.4, 0.5) is 0 Å². The second-order valence-electron chi connectivity index (χ2n) is 4.38. The lowest BCUT2D eigenvalue weighted by atomic mass is 9.97. The number of ether oxygens (including phenoxy) is 1. The molecular weight excluding hydrogens is 278 g/mol. The Bertz CT molecular complexity index is 326. The van der Waals surface area contributed by atoms with Crippen LogP contribution < -0.4 is 10.1 Å². The zero-order chi connectivity index (χ0) is 12.7. The summed E-state index contributed by atoms with van der Waals surface area (Å²) in [4.78, 5) is 0. The van der Waals surface area contributed by atoms with E-state index >= 15 is 0 Å². The van der Waals surface area contributed by atoms with Crippen LogP contribution in [0, 0.1) is 5.92 Å². The Kier molecular flexibility index (Phi) is 6.60. The molecule has 0 radical (unpaired) electrons. The van der Waals surface area contributed by atoms with E-state index in [4.69, 9.17) is 4.74 Å². The Morgan fingerprint density at radius 2 is 2.18 bits per heavy atom. The zero-order valence-corrected chi connectivity index (χ0v) is 12.5. The van der Waals surface area contributed by atoms with Crippen LogP contribution in [0.15, 0.2) is 28.7 Å². The fraction of sp³-hybridized carbons (Fsp3) is 0.571. The van der Waals surface area contributed by atoms with Crippen LogP contribution in [0.5, 0.6) is 5.75 Å². The van der Waals surface area contributed by atoms with Gasteiger partial charge in [0.2, 0.25) is 0 Å². The maximum atomic E-state index is 5.74. The van der Waals surface area contributed by atoms with E-state index in [2.05, 4.69) is 35.1 Å². The number of hydrogen-bond donors (Lipinski definition) is 1. The number of hydrogen-bond acceptors (Lipinski definition) is 2. The smallest absolute Gasteiger partial charge is 0.120 e. The summed E-state index contributed by atoms with van der Waals surface area (Å²) in [5, 5.41) is 3.35. The van der Waals surface area contributed by atoms with Gasteiger partial charge in [0.1, 0.15) is 5.75 Å². The summed E-state index contributed by atoms with van der Waals surface area (Å²) < 4.78 is 6.80. The predicted octanol–water partition coefficient (Wildman–Crippen LogP) is 3.85. The van der Waals surface area contributed by atoms with Gasteiger partial charge >= 0.3 is 0 Å². The molecule has 0 bridgehead atoms. The van der Waals surface area contributed by atoms with Crippen molar-refractivity contribution in [1.82, 2.24) is 5.32 Å². The molecule has 0 aliphatic carbocycles. The molecule has 2 atom stereocenters. The number of halogens is 1. The van der Waals surface area contributed by atoms with Crippen LogP contribution in [-0.4, -0.2) is 19.7 Å². The summed E-state index contributed by atoms with van der Waals surface area (Å²) in [6, 6.07) is 8.57. The molecule has 0 heterocycles. The predicted molar refractivity (Wildman–Crippen MR) is 76.6 cm³/mol. The first kappa shape index (κ1) is 14.5. The van der Waals surface area contributed by atoms with Crippen molar-refractivity contribution in [3.63, 3.8) is 0 Å². The van der Waals surface area contributed by atoms with Gasteiger partial charge in [-0.3, -0.25) is 0 Å². The van der Waals surface area contributed by atoms with Crippen molar-refractivity contribution in [3.8, 4) is 5.75 Å². The fourth-order valence-corrected chi connectivity index (χ4v) is 2.39. The highest BCUT2D eigenvalue weighted by Gasteiger charge is 2.12. The minimum absolute atomic E-state index is 0.584. The van der Waals surface area contributed by atoms with Gasteiger partial charge in [-0.1, -0.05) is 35.8 Å². The molecule has 17 heavy (non-hydrogen) atoms. The maximum Gasteiger partial charge on any atom is 0.120 e. The highest BCUT2D eigenvalue weighted by molar-refractivity contribution is 9.10. The summed E-state index contributed by atoms with van der Waals surface area (Å²) >= 11 is 3.44. The fourth-order valence-electron chi connectivity index (χ4n) is 2.01. The monoisotopic (exact) mass is 299 g/mol. The van der Waals surface area contributed by atoms with Gasteiger partial charge in [-0.2, -0.15) is 0 Å². The first-order valence-electron chi connectivity index (χ1n) is 6.23. The molecule has 0 aliphatic rings. The van der Waals surface area contributed by atoms with Crippen LogP contribution in [0.1, 0.15) is 26.7 Å². The lowest BCUT2D eigenvalue weighted by molar-refractivity contribution is 0.257. The van der Waals surface area contributed by atoms with Gasteiger partial charge in [0.05, 0.1) is 6.61 Å². The summed E-state index contributed by atoms with van der Waals surface area (Å²) in [7, 11) is 2.03. The Morgan fingerprint density at radius 3 is 2.76 bits per heavy atom. The summed E-state index contributed by atoms with van der Waals surface area (Å²) in [5.41, 5.74) is 0. The highest BCUT2D eigenvalue weighted by atomic mass is 79.9. The molecule has 0 aliphatic heterocycles. The first-order valence-corrected chi connectivity index (χ1v) is 7.02. The van der Waals surface area contributed by atoms with Gasteiger partial charge in [0, 0.05) is 10.5 Å². The van der Waals surface area contributed by atoms with Crippen LogP contribution >= 0.6 is 15.9 Å². The number of benzene rings is 1. The SMILES string of the molecule is CCC(NC)C(C)CCOc1cccc(Br)c1. The van der Waals surface area contributed by atoms with E-state index in [1.165, 1.54) is 0 Å². The average molecular weight is 300 g/mol. The van der Waals surface area contributed by atoms with E-state index in [0.29, 0.717) is 12.0 Å². The molecule has 1 rings (SSSR count). The van der Waals surface area contributed by atoms with E-state index in [-0.39, 0.29) is 0 Å². The third-order valence-electron chi connectivity index (χ3n) is 3.14. The molecular formula is C14H22BrNO. The molecule has 96 valence electrons. The van der Waals surface area contributed by atoms with Crippen LogP contribution in [0.2, 0.25) is 0 Å². The van der Waals surface area contributed by atoms with E-state index in [1.807, 2.05) is 31.3 Å². The average Bonchev–Trinajstić information content (AvgIpc) is 2.30. The molecule has 0 fully saturated rings. The summed E-state index contributed by atoms with van der Waals surface area (Å²) in [5.74, 6) is 1.57. The second-order valence-corrected chi connectivity index (χ2v) is 5.29. The van der Waals surface area contributed by atoms with Gasteiger partial charge in [-0.25, -0.2) is 0 Å². The molecule has 2 nitrogen and oxygen atoms in total. The van der Waals surface area contributed by atoms with Crippen LogP contribution in [0.25, 0.3) is 0 Å².